The summed E-state index contributed by atoms with van der Waals surface area (Å²) in [4.78, 5) is 2.55. The van der Waals surface area contributed by atoms with Crippen LogP contribution in [0.2, 0.25) is 15.1 Å². The molecule has 4 nitrogen and oxygen atoms in total. The van der Waals surface area contributed by atoms with E-state index < -0.39 is 0 Å². The van der Waals surface area contributed by atoms with Gasteiger partial charge in [-0.15, -0.1) is 0 Å². The maximum Gasteiger partial charge on any atom is 0.180 e. The fourth-order valence-electron chi connectivity index (χ4n) is 4.36. The standard InChI is InChI=1S/C23H27Cl3N2O2/c1-2-29-22-10-15(12-27-21-13-28-7-5-16(21)6-8-28)9-20(26)23(22)30-14-17-3-4-18(24)11-19(17)25/h3-4,9-11,16,21,27H,2,5-8,12-14H2,1H3. The Kier molecular flexibility index (Phi) is 7.32. The first-order chi connectivity index (χ1) is 14.5. The number of rotatable bonds is 8. The Hall–Kier alpha value is -1.17. The molecular weight excluding hydrogens is 443 g/mol. The van der Waals surface area contributed by atoms with Gasteiger partial charge in [0.1, 0.15) is 6.61 Å². The lowest BCUT2D eigenvalue weighted by molar-refractivity contribution is 0.0720. The molecule has 3 aliphatic rings. The van der Waals surface area contributed by atoms with Crippen molar-refractivity contribution < 1.29 is 9.47 Å². The Morgan fingerprint density at radius 2 is 1.83 bits per heavy atom. The molecule has 0 radical (unpaired) electrons. The maximum absolute atomic E-state index is 6.59. The summed E-state index contributed by atoms with van der Waals surface area (Å²) in [6, 6.07) is 9.87. The van der Waals surface area contributed by atoms with E-state index in [4.69, 9.17) is 44.3 Å². The van der Waals surface area contributed by atoms with Crippen molar-refractivity contribution in [2.45, 2.75) is 39.0 Å². The van der Waals surface area contributed by atoms with Gasteiger partial charge in [0.2, 0.25) is 0 Å². The largest absolute Gasteiger partial charge is 0.490 e. The third-order valence-electron chi connectivity index (χ3n) is 5.98. The average Bonchev–Trinajstić information content (AvgIpc) is 2.74. The van der Waals surface area contributed by atoms with Crippen LogP contribution in [0.1, 0.15) is 30.9 Å². The highest BCUT2D eigenvalue weighted by Crippen LogP contribution is 2.38. The van der Waals surface area contributed by atoms with Crippen molar-refractivity contribution in [3.8, 4) is 11.5 Å². The normalized spacial score (nSPS) is 22.9. The summed E-state index contributed by atoms with van der Waals surface area (Å²) in [5.74, 6) is 1.97. The number of halogens is 3. The topological polar surface area (TPSA) is 33.7 Å². The van der Waals surface area contributed by atoms with Gasteiger partial charge < -0.3 is 19.7 Å². The Labute approximate surface area is 193 Å². The van der Waals surface area contributed by atoms with Crippen molar-refractivity contribution in [3.63, 3.8) is 0 Å². The minimum absolute atomic E-state index is 0.285. The second-order valence-electron chi connectivity index (χ2n) is 7.99. The molecule has 3 saturated heterocycles. The van der Waals surface area contributed by atoms with Crippen LogP contribution in [0.3, 0.4) is 0 Å². The highest BCUT2D eigenvalue weighted by Gasteiger charge is 2.33. The molecule has 2 aromatic carbocycles. The molecule has 0 amide bonds. The fraction of sp³-hybridized carbons (Fsp3) is 0.478. The van der Waals surface area contributed by atoms with Gasteiger partial charge in [0, 0.05) is 34.7 Å². The minimum Gasteiger partial charge on any atom is -0.490 e. The Bertz CT molecular complexity index is 885. The summed E-state index contributed by atoms with van der Waals surface area (Å²) in [5.41, 5.74) is 1.93. The van der Waals surface area contributed by atoms with Crippen molar-refractivity contribution in [1.29, 1.82) is 0 Å². The smallest absolute Gasteiger partial charge is 0.180 e. The lowest BCUT2D eigenvalue weighted by Gasteiger charge is -2.45. The number of nitrogens with zero attached hydrogens (tertiary/aromatic N) is 1. The molecule has 3 aliphatic heterocycles. The van der Waals surface area contributed by atoms with Gasteiger partial charge in [-0.2, -0.15) is 0 Å². The summed E-state index contributed by atoms with van der Waals surface area (Å²) < 4.78 is 11.8. The van der Waals surface area contributed by atoms with E-state index in [1.807, 2.05) is 25.1 Å². The number of benzene rings is 2. The molecule has 5 rings (SSSR count). The molecule has 162 valence electrons. The molecule has 0 spiro atoms. The molecule has 0 saturated carbocycles. The van der Waals surface area contributed by atoms with Crippen molar-refractivity contribution >= 4 is 34.8 Å². The SMILES string of the molecule is CCOc1cc(CNC2CN3CCC2CC3)cc(Cl)c1OCc1ccc(Cl)cc1Cl. The number of nitrogens with one attached hydrogen (secondary N) is 1. The monoisotopic (exact) mass is 468 g/mol. The van der Waals surface area contributed by atoms with Gasteiger partial charge in [-0.1, -0.05) is 40.9 Å². The molecule has 2 aromatic rings. The molecule has 1 atom stereocenters. The lowest BCUT2D eigenvalue weighted by Crippen LogP contribution is -2.55. The Morgan fingerprint density at radius 3 is 2.50 bits per heavy atom. The van der Waals surface area contributed by atoms with E-state index in [0.717, 1.165) is 30.1 Å². The van der Waals surface area contributed by atoms with Crippen LogP contribution in [0, 0.1) is 5.92 Å². The first kappa shape index (κ1) is 22.0. The van der Waals surface area contributed by atoms with Crippen molar-refractivity contribution in [1.82, 2.24) is 10.2 Å². The Balaban J connectivity index is 1.45. The van der Waals surface area contributed by atoms with E-state index in [1.54, 1.807) is 12.1 Å². The van der Waals surface area contributed by atoms with Crippen molar-refractivity contribution in [2.75, 3.05) is 26.2 Å². The van der Waals surface area contributed by atoms with Gasteiger partial charge in [-0.05, 0) is 68.6 Å². The van der Waals surface area contributed by atoms with E-state index in [1.165, 1.54) is 25.9 Å². The zero-order chi connectivity index (χ0) is 21.1. The van der Waals surface area contributed by atoms with E-state index in [2.05, 4.69) is 10.2 Å². The number of hydrogen-bond donors (Lipinski definition) is 1. The zero-order valence-corrected chi connectivity index (χ0v) is 19.4. The summed E-state index contributed by atoms with van der Waals surface area (Å²) in [6.45, 7) is 7.15. The summed E-state index contributed by atoms with van der Waals surface area (Å²) >= 11 is 18.8. The molecule has 7 heteroatoms. The third-order valence-corrected chi connectivity index (χ3v) is 6.85. The van der Waals surface area contributed by atoms with E-state index in [-0.39, 0.29) is 6.61 Å². The van der Waals surface area contributed by atoms with Gasteiger partial charge >= 0.3 is 0 Å². The second-order valence-corrected chi connectivity index (χ2v) is 9.24. The van der Waals surface area contributed by atoms with Crippen molar-refractivity contribution in [3.05, 3.63) is 56.5 Å². The van der Waals surface area contributed by atoms with E-state index in [9.17, 15) is 0 Å². The molecule has 0 aliphatic carbocycles. The molecule has 3 heterocycles. The second kappa shape index (κ2) is 9.97. The summed E-state index contributed by atoms with van der Waals surface area (Å²) in [7, 11) is 0. The molecular formula is C23H27Cl3N2O2. The molecule has 0 aromatic heterocycles. The highest BCUT2D eigenvalue weighted by molar-refractivity contribution is 6.35. The summed E-state index contributed by atoms with van der Waals surface area (Å²) in [5, 5.41) is 5.43. The number of piperidine rings is 3. The predicted octanol–water partition coefficient (Wildman–Crippen LogP) is 5.81. The average molecular weight is 470 g/mol. The Morgan fingerprint density at radius 1 is 1.03 bits per heavy atom. The quantitative estimate of drug-likeness (QED) is 0.529. The van der Waals surface area contributed by atoms with Gasteiger partial charge in [0.25, 0.3) is 0 Å². The van der Waals surface area contributed by atoms with Crippen LogP contribution in [-0.2, 0) is 13.2 Å². The van der Waals surface area contributed by atoms with E-state index >= 15 is 0 Å². The van der Waals surface area contributed by atoms with Crippen LogP contribution in [-0.4, -0.2) is 37.2 Å². The maximum atomic E-state index is 6.59. The molecule has 1 N–H and O–H groups in total. The molecule has 2 bridgehead atoms. The lowest BCUT2D eigenvalue weighted by atomic mass is 9.84. The molecule has 1 unspecified atom stereocenters. The molecule has 3 fully saturated rings. The van der Waals surface area contributed by atoms with Crippen LogP contribution in [0.25, 0.3) is 0 Å². The number of hydrogen-bond acceptors (Lipinski definition) is 4. The zero-order valence-electron chi connectivity index (χ0n) is 17.1. The van der Waals surface area contributed by atoms with Crippen LogP contribution in [0.15, 0.2) is 30.3 Å². The van der Waals surface area contributed by atoms with Gasteiger partial charge in [0.15, 0.2) is 11.5 Å². The molecule has 30 heavy (non-hydrogen) atoms. The van der Waals surface area contributed by atoms with E-state index in [0.29, 0.717) is 39.2 Å². The van der Waals surface area contributed by atoms with Crippen LogP contribution in [0.4, 0.5) is 0 Å². The first-order valence-electron chi connectivity index (χ1n) is 10.5. The highest BCUT2D eigenvalue weighted by atomic mass is 35.5. The minimum atomic E-state index is 0.285. The van der Waals surface area contributed by atoms with Crippen LogP contribution in [0.5, 0.6) is 11.5 Å². The van der Waals surface area contributed by atoms with Crippen molar-refractivity contribution in [2.24, 2.45) is 5.92 Å². The number of ether oxygens (including phenoxy) is 2. The van der Waals surface area contributed by atoms with Gasteiger partial charge in [0.05, 0.1) is 11.6 Å². The van der Waals surface area contributed by atoms with Crippen LogP contribution < -0.4 is 14.8 Å². The van der Waals surface area contributed by atoms with Crippen LogP contribution >= 0.6 is 34.8 Å². The third kappa shape index (κ3) is 5.17. The number of fused-ring (bicyclic) bond motifs is 3. The predicted molar refractivity (Wildman–Crippen MR) is 123 cm³/mol. The first-order valence-corrected chi connectivity index (χ1v) is 11.6. The van der Waals surface area contributed by atoms with Gasteiger partial charge in [-0.3, -0.25) is 0 Å². The van der Waals surface area contributed by atoms with Gasteiger partial charge in [-0.25, -0.2) is 0 Å². The fourth-order valence-corrected chi connectivity index (χ4v) is 5.11. The summed E-state index contributed by atoms with van der Waals surface area (Å²) in [6.07, 6.45) is 2.59.